The molecule has 0 aliphatic rings. The number of unbranched alkanes of at least 4 members (excludes halogenated alkanes) is 1. The van der Waals surface area contributed by atoms with Crippen LogP contribution in [0.5, 0.6) is 0 Å². The van der Waals surface area contributed by atoms with Gasteiger partial charge in [0, 0.05) is 0 Å². The van der Waals surface area contributed by atoms with Crippen LogP contribution >= 0.6 is 0 Å². The van der Waals surface area contributed by atoms with E-state index in [1.165, 1.54) is 0 Å². The maximum Gasteiger partial charge on any atom is 0.347 e. The van der Waals surface area contributed by atoms with E-state index in [2.05, 4.69) is 8.77 Å². The third kappa shape index (κ3) is 6.53. The molecule has 0 unspecified atom stereocenters. The van der Waals surface area contributed by atoms with E-state index in [-0.39, 0.29) is 5.75 Å². The van der Waals surface area contributed by atoms with Gasteiger partial charge in [-0.1, -0.05) is 13.3 Å². The summed E-state index contributed by atoms with van der Waals surface area (Å²) in [5, 5.41) is 4.36. The van der Waals surface area contributed by atoms with Crippen LogP contribution in [-0.2, 0) is 24.1 Å². The summed E-state index contributed by atoms with van der Waals surface area (Å²) >= 11 is 0. The fraction of sp³-hybridized carbons (Fsp3) is 1.00. The lowest BCUT2D eigenvalue weighted by Gasteiger charge is -2.00. The number of rotatable bonds is 5. The summed E-state index contributed by atoms with van der Waals surface area (Å²) < 4.78 is 45.5. The fourth-order valence-corrected chi connectivity index (χ4v) is 2.57. The molecular weight excluding hydrogens is 206 g/mol. The molecule has 0 bridgehead atoms. The van der Waals surface area contributed by atoms with Crippen LogP contribution in [0.2, 0.25) is 0 Å². The van der Waals surface area contributed by atoms with Gasteiger partial charge >= 0.3 is 10.3 Å². The SMILES string of the molecule is CCCCS(=O)(=O)OS(N)(=O)=O. The Morgan fingerprint density at radius 3 is 2.08 bits per heavy atom. The highest BCUT2D eigenvalue weighted by atomic mass is 32.3. The van der Waals surface area contributed by atoms with Crippen molar-refractivity contribution < 1.29 is 20.5 Å². The summed E-state index contributed by atoms with van der Waals surface area (Å²) in [4.78, 5) is 0. The smallest absolute Gasteiger partial charge is 0.204 e. The zero-order chi connectivity index (χ0) is 9.83. The third-order valence-corrected chi connectivity index (χ3v) is 3.32. The van der Waals surface area contributed by atoms with Crippen LogP contribution in [0.3, 0.4) is 0 Å². The minimum Gasteiger partial charge on any atom is -0.204 e. The molecule has 0 heterocycles. The molecule has 0 fully saturated rings. The molecule has 0 amide bonds. The molecular formula is C4H11NO5S2. The Kier molecular flexibility index (Phi) is 4.11. The minimum atomic E-state index is -4.40. The molecule has 0 spiro atoms. The van der Waals surface area contributed by atoms with Gasteiger partial charge < -0.3 is 0 Å². The average Bonchev–Trinajstić information content (AvgIpc) is 1.78. The van der Waals surface area contributed by atoms with E-state index < -0.39 is 20.4 Å². The van der Waals surface area contributed by atoms with E-state index in [9.17, 15) is 16.8 Å². The topological polar surface area (TPSA) is 104 Å². The molecule has 0 aliphatic heterocycles. The van der Waals surface area contributed by atoms with Gasteiger partial charge in [0.25, 0.3) is 10.1 Å². The van der Waals surface area contributed by atoms with E-state index >= 15 is 0 Å². The molecule has 0 atom stereocenters. The summed E-state index contributed by atoms with van der Waals surface area (Å²) in [6.07, 6.45) is 0.977. The van der Waals surface area contributed by atoms with Gasteiger partial charge in [-0.3, -0.25) is 0 Å². The van der Waals surface area contributed by atoms with Crippen molar-refractivity contribution in [3.63, 3.8) is 0 Å². The first-order valence-corrected chi connectivity index (χ1v) is 6.28. The van der Waals surface area contributed by atoms with Crippen LogP contribution < -0.4 is 5.14 Å². The molecule has 0 aromatic heterocycles. The van der Waals surface area contributed by atoms with Crippen molar-refractivity contribution in [1.29, 1.82) is 0 Å². The maximum atomic E-state index is 10.7. The van der Waals surface area contributed by atoms with Crippen molar-refractivity contribution in [2.24, 2.45) is 5.14 Å². The first-order chi connectivity index (χ1) is 5.27. The Labute approximate surface area is 72.1 Å². The highest BCUT2D eigenvalue weighted by molar-refractivity contribution is 7.98. The Hall–Kier alpha value is -0.180. The van der Waals surface area contributed by atoms with Gasteiger partial charge in [0.1, 0.15) is 0 Å². The molecule has 6 nitrogen and oxygen atoms in total. The standard InChI is InChI=1S/C4H11NO5S2/c1-2-3-4-11(6,7)10-12(5,8)9/h2-4H2,1H3,(H2,5,8,9). The van der Waals surface area contributed by atoms with Crippen LogP contribution in [-0.4, -0.2) is 22.6 Å². The van der Waals surface area contributed by atoms with Crippen LogP contribution in [0.4, 0.5) is 0 Å². The Morgan fingerprint density at radius 1 is 1.25 bits per heavy atom. The van der Waals surface area contributed by atoms with Crippen molar-refractivity contribution in [2.75, 3.05) is 5.75 Å². The van der Waals surface area contributed by atoms with Gasteiger partial charge in [-0.2, -0.15) is 16.8 Å². The van der Waals surface area contributed by atoms with Crippen LogP contribution in [0, 0.1) is 0 Å². The van der Waals surface area contributed by atoms with Crippen molar-refractivity contribution in [1.82, 2.24) is 0 Å². The molecule has 0 radical (unpaired) electrons. The van der Waals surface area contributed by atoms with E-state index in [4.69, 9.17) is 0 Å². The summed E-state index contributed by atoms with van der Waals surface area (Å²) in [6, 6.07) is 0. The molecule has 74 valence electrons. The maximum absolute atomic E-state index is 10.7. The van der Waals surface area contributed by atoms with E-state index in [0.717, 1.165) is 0 Å². The quantitative estimate of drug-likeness (QED) is 0.658. The second-order valence-corrected chi connectivity index (χ2v) is 5.23. The molecule has 0 rings (SSSR count). The first kappa shape index (κ1) is 11.8. The number of hydrogen-bond donors (Lipinski definition) is 1. The van der Waals surface area contributed by atoms with Gasteiger partial charge in [-0.15, -0.1) is 3.63 Å². The average molecular weight is 217 g/mol. The van der Waals surface area contributed by atoms with E-state index in [1.54, 1.807) is 6.92 Å². The zero-order valence-electron chi connectivity index (χ0n) is 6.56. The monoisotopic (exact) mass is 217 g/mol. The predicted octanol–water partition coefficient (Wildman–Crippen LogP) is -0.664. The van der Waals surface area contributed by atoms with Crippen molar-refractivity contribution in [3.8, 4) is 0 Å². The van der Waals surface area contributed by atoms with Crippen molar-refractivity contribution in [2.45, 2.75) is 19.8 Å². The number of hydrogen-bond acceptors (Lipinski definition) is 5. The second-order valence-electron chi connectivity index (χ2n) is 2.18. The Balaban J connectivity index is 4.26. The normalized spacial score (nSPS) is 13.2. The Morgan fingerprint density at radius 2 is 1.75 bits per heavy atom. The van der Waals surface area contributed by atoms with Gasteiger partial charge in [0.05, 0.1) is 5.75 Å². The third-order valence-electron chi connectivity index (χ3n) is 0.946. The molecule has 12 heavy (non-hydrogen) atoms. The van der Waals surface area contributed by atoms with Crippen molar-refractivity contribution in [3.05, 3.63) is 0 Å². The molecule has 0 aromatic carbocycles. The fourth-order valence-electron chi connectivity index (χ4n) is 0.500. The van der Waals surface area contributed by atoms with Gasteiger partial charge in [0.2, 0.25) is 0 Å². The van der Waals surface area contributed by atoms with Crippen LogP contribution in [0.15, 0.2) is 0 Å². The van der Waals surface area contributed by atoms with E-state index in [0.29, 0.717) is 12.8 Å². The summed E-state index contributed by atoms with van der Waals surface area (Å²) in [5.74, 6) is -0.333. The predicted molar refractivity (Wildman–Crippen MR) is 42.9 cm³/mol. The lowest BCUT2D eigenvalue weighted by molar-refractivity contribution is 0.461. The zero-order valence-corrected chi connectivity index (χ0v) is 8.19. The first-order valence-electron chi connectivity index (χ1n) is 3.23. The largest absolute Gasteiger partial charge is 0.347 e. The second kappa shape index (κ2) is 4.17. The van der Waals surface area contributed by atoms with Crippen LogP contribution in [0.25, 0.3) is 0 Å². The van der Waals surface area contributed by atoms with Gasteiger partial charge in [-0.05, 0) is 6.42 Å². The lowest BCUT2D eigenvalue weighted by atomic mass is 10.4. The molecule has 8 heteroatoms. The van der Waals surface area contributed by atoms with Gasteiger partial charge in [0.15, 0.2) is 0 Å². The minimum absolute atomic E-state index is 0.333. The van der Waals surface area contributed by atoms with Crippen molar-refractivity contribution >= 4 is 20.4 Å². The highest BCUT2D eigenvalue weighted by Crippen LogP contribution is 2.00. The van der Waals surface area contributed by atoms with E-state index in [1.807, 2.05) is 0 Å². The lowest BCUT2D eigenvalue weighted by Crippen LogP contribution is -2.22. The molecule has 2 N–H and O–H groups in total. The molecule has 0 saturated heterocycles. The summed E-state index contributed by atoms with van der Waals surface area (Å²) in [6.45, 7) is 1.77. The summed E-state index contributed by atoms with van der Waals surface area (Å²) in [7, 11) is -8.41. The van der Waals surface area contributed by atoms with Gasteiger partial charge in [-0.25, -0.2) is 5.14 Å². The molecule has 0 saturated carbocycles. The molecule has 0 aliphatic carbocycles. The summed E-state index contributed by atoms with van der Waals surface area (Å²) in [5.41, 5.74) is 0. The number of nitrogens with two attached hydrogens (primary N) is 1. The Bertz CT molecular complexity index is 315. The van der Waals surface area contributed by atoms with Crippen LogP contribution in [0.1, 0.15) is 19.8 Å². The molecule has 0 aromatic rings. The highest BCUT2D eigenvalue weighted by Gasteiger charge is 2.17.